The first-order valence-corrected chi connectivity index (χ1v) is 13.9. The lowest BCUT2D eigenvalue weighted by Crippen LogP contribution is -2.00. The van der Waals surface area contributed by atoms with Crippen molar-refractivity contribution in [2.45, 2.75) is 0 Å². The summed E-state index contributed by atoms with van der Waals surface area (Å²) in [4.78, 5) is 15.0. The molecule has 0 saturated carbocycles. The highest BCUT2D eigenvalue weighted by atomic mass is 16.3. The largest absolute Gasteiger partial charge is 0.456 e. The zero-order valence-electron chi connectivity index (χ0n) is 22.3. The van der Waals surface area contributed by atoms with Crippen LogP contribution in [0.4, 0.5) is 0 Å². The molecule has 0 aliphatic heterocycles. The highest BCUT2D eigenvalue weighted by Crippen LogP contribution is 2.35. The van der Waals surface area contributed by atoms with Crippen LogP contribution in [0.5, 0.6) is 0 Å². The molecule has 6 aromatic carbocycles. The summed E-state index contributed by atoms with van der Waals surface area (Å²) in [5.74, 6) is 1.83. The monoisotopic (exact) mass is 539 g/mol. The van der Waals surface area contributed by atoms with Crippen LogP contribution < -0.4 is 0 Å². The number of hydrogen-bond acceptors (Lipinski definition) is 5. The van der Waals surface area contributed by atoms with Crippen molar-refractivity contribution in [3.63, 3.8) is 0 Å². The summed E-state index contributed by atoms with van der Waals surface area (Å²) < 4.78 is 12.2. The molecule has 0 radical (unpaired) electrons. The number of nitrogens with zero attached hydrogens (tertiary/aromatic N) is 3. The molecule has 5 nitrogen and oxygen atoms in total. The van der Waals surface area contributed by atoms with Gasteiger partial charge in [0, 0.05) is 38.2 Å². The minimum Gasteiger partial charge on any atom is -0.456 e. The highest BCUT2D eigenvalue weighted by Gasteiger charge is 2.16. The Kier molecular flexibility index (Phi) is 4.83. The van der Waals surface area contributed by atoms with E-state index in [4.69, 9.17) is 23.8 Å². The molecule has 0 saturated heterocycles. The fourth-order valence-corrected chi connectivity index (χ4v) is 5.82. The number of furan rings is 2. The second-order valence-electron chi connectivity index (χ2n) is 10.5. The normalized spacial score (nSPS) is 11.8. The molecule has 3 aromatic heterocycles. The first kappa shape index (κ1) is 22.9. The van der Waals surface area contributed by atoms with Gasteiger partial charge in [0.25, 0.3) is 0 Å². The van der Waals surface area contributed by atoms with Crippen LogP contribution >= 0.6 is 0 Å². The quantitative estimate of drug-likeness (QED) is 0.224. The van der Waals surface area contributed by atoms with E-state index >= 15 is 0 Å². The van der Waals surface area contributed by atoms with Gasteiger partial charge in [0.2, 0.25) is 0 Å². The molecule has 0 aliphatic carbocycles. The third-order valence-corrected chi connectivity index (χ3v) is 7.91. The van der Waals surface area contributed by atoms with Gasteiger partial charge in [-0.2, -0.15) is 0 Å². The van der Waals surface area contributed by atoms with E-state index in [2.05, 4.69) is 54.6 Å². The molecule has 3 heterocycles. The Morgan fingerprint density at radius 2 is 0.762 bits per heavy atom. The average molecular weight is 540 g/mol. The molecule has 5 heteroatoms. The van der Waals surface area contributed by atoms with Gasteiger partial charge in [-0.1, -0.05) is 72.8 Å². The standard InChI is InChI=1S/C37H21N3O2/c1-2-8-23-19-24(14-13-22(23)7-1)35-38-36(25-15-17-33-29(20-25)27-9-3-5-11-31(27)41-33)40-37(39-35)26-16-18-34-30(21-26)28-10-4-6-12-32(28)42-34/h1-21H. The van der Waals surface area contributed by atoms with Crippen molar-refractivity contribution in [1.29, 1.82) is 0 Å². The van der Waals surface area contributed by atoms with Crippen LogP contribution in [0.15, 0.2) is 136 Å². The van der Waals surface area contributed by atoms with E-state index in [0.29, 0.717) is 17.5 Å². The lowest BCUT2D eigenvalue weighted by molar-refractivity contribution is 0.668. The molecule has 42 heavy (non-hydrogen) atoms. The molecule has 0 bridgehead atoms. The highest BCUT2D eigenvalue weighted by molar-refractivity contribution is 6.07. The summed E-state index contributed by atoms with van der Waals surface area (Å²) in [5, 5.41) is 6.50. The molecule has 0 unspecified atom stereocenters. The first-order chi connectivity index (χ1) is 20.8. The molecule has 0 N–H and O–H groups in total. The van der Waals surface area contributed by atoms with E-state index in [1.165, 1.54) is 5.39 Å². The minimum absolute atomic E-state index is 0.604. The van der Waals surface area contributed by atoms with Gasteiger partial charge in [-0.15, -0.1) is 0 Å². The Balaban J connectivity index is 1.28. The van der Waals surface area contributed by atoms with E-state index in [9.17, 15) is 0 Å². The van der Waals surface area contributed by atoms with Crippen LogP contribution in [-0.2, 0) is 0 Å². The Morgan fingerprint density at radius 1 is 0.333 bits per heavy atom. The summed E-state index contributed by atoms with van der Waals surface area (Å²) in [7, 11) is 0. The van der Waals surface area contributed by atoms with E-state index in [1.807, 2.05) is 72.8 Å². The molecule has 9 rings (SSSR count). The van der Waals surface area contributed by atoms with Gasteiger partial charge in [0.05, 0.1) is 0 Å². The van der Waals surface area contributed by atoms with Crippen LogP contribution in [0.2, 0.25) is 0 Å². The predicted octanol–water partition coefficient (Wildman–Crippen LogP) is 9.82. The number of aromatic nitrogens is 3. The smallest absolute Gasteiger partial charge is 0.164 e. The minimum atomic E-state index is 0.604. The molecular formula is C37H21N3O2. The van der Waals surface area contributed by atoms with Crippen LogP contribution in [0.3, 0.4) is 0 Å². The molecule has 0 amide bonds. The second kappa shape index (κ2) is 8.85. The number of fused-ring (bicyclic) bond motifs is 7. The van der Waals surface area contributed by atoms with Gasteiger partial charge >= 0.3 is 0 Å². The fourth-order valence-electron chi connectivity index (χ4n) is 5.82. The number of para-hydroxylation sites is 2. The van der Waals surface area contributed by atoms with E-state index < -0.39 is 0 Å². The zero-order valence-corrected chi connectivity index (χ0v) is 22.3. The molecule has 0 atom stereocenters. The van der Waals surface area contributed by atoms with Gasteiger partial charge in [0.1, 0.15) is 22.3 Å². The van der Waals surface area contributed by atoms with Crippen molar-refractivity contribution in [1.82, 2.24) is 15.0 Å². The lowest BCUT2D eigenvalue weighted by Gasteiger charge is -2.09. The molecule has 0 fully saturated rings. The SMILES string of the molecule is c1ccc2cc(-c3nc(-c4ccc5oc6ccccc6c5c4)nc(-c4ccc5oc6ccccc6c5c4)n3)ccc2c1. The van der Waals surface area contributed by atoms with Crippen LogP contribution in [0.1, 0.15) is 0 Å². The van der Waals surface area contributed by atoms with Crippen molar-refractivity contribution in [2.24, 2.45) is 0 Å². The Morgan fingerprint density at radius 3 is 1.33 bits per heavy atom. The maximum atomic E-state index is 6.08. The summed E-state index contributed by atoms with van der Waals surface area (Å²) >= 11 is 0. The van der Waals surface area contributed by atoms with Gasteiger partial charge in [0.15, 0.2) is 17.5 Å². The number of rotatable bonds is 3. The van der Waals surface area contributed by atoms with Crippen LogP contribution in [-0.4, -0.2) is 15.0 Å². The zero-order chi connectivity index (χ0) is 27.6. The average Bonchev–Trinajstić information content (AvgIpc) is 3.62. The van der Waals surface area contributed by atoms with Gasteiger partial charge in [-0.05, 0) is 65.4 Å². The van der Waals surface area contributed by atoms with Gasteiger partial charge < -0.3 is 8.83 Å². The summed E-state index contributed by atoms with van der Waals surface area (Å²) in [6.45, 7) is 0. The van der Waals surface area contributed by atoms with Gasteiger partial charge in [-0.3, -0.25) is 0 Å². The maximum Gasteiger partial charge on any atom is 0.164 e. The topological polar surface area (TPSA) is 65.0 Å². The van der Waals surface area contributed by atoms with Crippen molar-refractivity contribution in [3.05, 3.63) is 127 Å². The predicted molar refractivity (Wildman–Crippen MR) is 168 cm³/mol. The summed E-state index contributed by atoms with van der Waals surface area (Å²) in [6, 6.07) is 43.0. The van der Waals surface area contributed by atoms with Crippen molar-refractivity contribution in [3.8, 4) is 34.2 Å². The van der Waals surface area contributed by atoms with E-state index in [1.54, 1.807) is 0 Å². The number of benzene rings is 6. The van der Waals surface area contributed by atoms with Crippen molar-refractivity contribution < 1.29 is 8.83 Å². The molecule has 9 aromatic rings. The Labute approximate surface area is 239 Å². The molecule has 0 spiro atoms. The number of hydrogen-bond donors (Lipinski definition) is 0. The first-order valence-electron chi connectivity index (χ1n) is 13.9. The third-order valence-electron chi connectivity index (χ3n) is 7.91. The van der Waals surface area contributed by atoms with E-state index in [-0.39, 0.29) is 0 Å². The maximum absolute atomic E-state index is 6.08. The van der Waals surface area contributed by atoms with E-state index in [0.717, 1.165) is 66.0 Å². The van der Waals surface area contributed by atoms with Crippen LogP contribution in [0, 0.1) is 0 Å². The lowest BCUT2D eigenvalue weighted by atomic mass is 10.1. The second-order valence-corrected chi connectivity index (χ2v) is 10.5. The Hall–Kier alpha value is -5.81. The molecule has 196 valence electrons. The Bertz CT molecular complexity index is 2360. The fraction of sp³-hybridized carbons (Fsp3) is 0. The molecular weight excluding hydrogens is 518 g/mol. The van der Waals surface area contributed by atoms with Gasteiger partial charge in [-0.25, -0.2) is 15.0 Å². The van der Waals surface area contributed by atoms with Crippen molar-refractivity contribution in [2.75, 3.05) is 0 Å². The van der Waals surface area contributed by atoms with Crippen LogP contribution in [0.25, 0.3) is 88.8 Å². The summed E-state index contributed by atoms with van der Waals surface area (Å²) in [5.41, 5.74) is 6.12. The van der Waals surface area contributed by atoms with Crippen molar-refractivity contribution >= 4 is 54.6 Å². The molecule has 0 aliphatic rings. The summed E-state index contributed by atoms with van der Waals surface area (Å²) in [6.07, 6.45) is 0. The third kappa shape index (κ3) is 3.61.